The summed E-state index contributed by atoms with van der Waals surface area (Å²) in [5, 5.41) is 4.44. The summed E-state index contributed by atoms with van der Waals surface area (Å²) in [5.74, 6) is 0.473. The molecule has 1 aliphatic heterocycles. The Balaban J connectivity index is 1.41. The molecule has 0 fully saturated rings. The number of hydrogen-bond acceptors (Lipinski definition) is 6. The molecule has 0 radical (unpaired) electrons. The Morgan fingerprint density at radius 2 is 2.04 bits per heavy atom. The predicted molar refractivity (Wildman–Crippen MR) is 84.0 cm³/mol. The molecule has 1 amide bonds. The number of benzene rings is 1. The van der Waals surface area contributed by atoms with Gasteiger partial charge in [0.1, 0.15) is 17.6 Å². The van der Waals surface area contributed by atoms with Crippen LogP contribution in [0.25, 0.3) is 0 Å². The van der Waals surface area contributed by atoms with Gasteiger partial charge in [0, 0.05) is 0 Å². The molecule has 1 aliphatic rings. The largest absolute Gasteiger partial charge is 0.486 e. The van der Waals surface area contributed by atoms with E-state index in [0.29, 0.717) is 23.0 Å². The second-order valence-electron chi connectivity index (χ2n) is 4.86. The molecule has 7 heteroatoms. The van der Waals surface area contributed by atoms with Crippen LogP contribution in [0.3, 0.4) is 0 Å². The van der Waals surface area contributed by atoms with Crippen LogP contribution >= 0.6 is 11.3 Å². The van der Waals surface area contributed by atoms with E-state index in [-0.39, 0.29) is 25.2 Å². The van der Waals surface area contributed by atoms with Gasteiger partial charge in [-0.3, -0.25) is 4.79 Å². The van der Waals surface area contributed by atoms with Crippen LogP contribution in [-0.4, -0.2) is 37.7 Å². The van der Waals surface area contributed by atoms with Crippen LogP contribution in [0.5, 0.6) is 11.5 Å². The van der Waals surface area contributed by atoms with Crippen molar-refractivity contribution >= 4 is 23.2 Å². The monoisotopic (exact) mass is 333 g/mol. The average molecular weight is 333 g/mol. The lowest BCUT2D eigenvalue weighted by Crippen LogP contribution is -2.42. The fourth-order valence-electron chi connectivity index (χ4n) is 2.04. The zero-order chi connectivity index (χ0) is 16.1. The summed E-state index contributed by atoms with van der Waals surface area (Å²) in [6.07, 6.45) is -0.276. The topological polar surface area (TPSA) is 73.9 Å². The van der Waals surface area contributed by atoms with E-state index in [1.54, 1.807) is 17.5 Å². The van der Waals surface area contributed by atoms with E-state index in [2.05, 4.69) is 5.32 Å². The number of ether oxygens (including phenoxy) is 3. The van der Waals surface area contributed by atoms with E-state index in [9.17, 15) is 9.59 Å². The first-order valence-electron chi connectivity index (χ1n) is 7.08. The second kappa shape index (κ2) is 7.15. The number of rotatable bonds is 5. The molecule has 23 heavy (non-hydrogen) atoms. The highest BCUT2D eigenvalue weighted by Crippen LogP contribution is 2.30. The SMILES string of the molecule is O=C(COC(=O)c1cccs1)NC[C@@H]1COc2ccccc2O1. The lowest BCUT2D eigenvalue weighted by molar-refractivity contribution is -0.124. The highest BCUT2D eigenvalue weighted by Gasteiger charge is 2.21. The first kappa shape index (κ1) is 15.4. The Bertz CT molecular complexity index is 686. The first-order valence-corrected chi connectivity index (χ1v) is 7.96. The summed E-state index contributed by atoms with van der Waals surface area (Å²) in [6.45, 7) is 0.316. The molecule has 6 nitrogen and oxygen atoms in total. The molecule has 0 saturated carbocycles. The maximum atomic E-state index is 11.7. The molecular formula is C16H15NO5S. The normalized spacial score (nSPS) is 15.7. The molecule has 1 N–H and O–H groups in total. The van der Waals surface area contributed by atoms with E-state index in [1.807, 2.05) is 24.3 Å². The van der Waals surface area contributed by atoms with Crippen molar-refractivity contribution in [3.8, 4) is 11.5 Å². The Kier molecular flexibility index (Phi) is 4.77. The fraction of sp³-hybridized carbons (Fsp3) is 0.250. The molecule has 120 valence electrons. The van der Waals surface area contributed by atoms with E-state index >= 15 is 0 Å². The van der Waals surface area contributed by atoms with E-state index in [0.717, 1.165) is 0 Å². The molecule has 1 atom stereocenters. The molecule has 0 saturated heterocycles. The third-order valence-electron chi connectivity index (χ3n) is 3.15. The van der Waals surface area contributed by atoms with E-state index in [1.165, 1.54) is 11.3 Å². The molecule has 0 unspecified atom stereocenters. The maximum Gasteiger partial charge on any atom is 0.348 e. The van der Waals surface area contributed by atoms with Crippen LogP contribution in [0.15, 0.2) is 41.8 Å². The third kappa shape index (κ3) is 4.01. The molecule has 0 spiro atoms. The number of carbonyl (C=O) groups excluding carboxylic acids is 2. The van der Waals surface area contributed by atoms with Gasteiger partial charge in [-0.15, -0.1) is 11.3 Å². The van der Waals surface area contributed by atoms with Gasteiger partial charge >= 0.3 is 5.97 Å². The smallest absolute Gasteiger partial charge is 0.348 e. The van der Waals surface area contributed by atoms with Crippen molar-refractivity contribution in [3.63, 3.8) is 0 Å². The minimum atomic E-state index is -0.499. The van der Waals surface area contributed by atoms with Gasteiger partial charge in [-0.25, -0.2) is 4.79 Å². The predicted octanol–water partition coefficient (Wildman–Crippen LogP) is 1.86. The van der Waals surface area contributed by atoms with Crippen molar-refractivity contribution in [2.45, 2.75) is 6.10 Å². The van der Waals surface area contributed by atoms with E-state index in [4.69, 9.17) is 14.2 Å². The first-order chi connectivity index (χ1) is 11.2. The quantitative estimate of drug-likeness (QED) is 0.846. The number of para-hydroxylation sites is 2. The molecule has 2 aromatic rings. The fourth-order valence-corrected chi connectivity index (χ4v) is 2.66. The maximum absolute atomic E-state index is 11.7. The average Bonchev–Trinajstić information content (AvgIpc) is 3.12. The third-order valence-corrected chi connectivity index (χ3v) is 4.00. The lowest BCUT2D eigenvalue weighted by atomic mass is 10.2. The lowest BCUT2D eigenvalue weighted by Gasteiger charge is -2.26. The minimum Gasteiger partial charge on any atom is -0.486 e. The molecule has 0 bridgehead atoms. The Morgan fingerprint density at radius 3 is 2.83 bits per heavy atom. The van der Waals surface area contributed by atoms with Gasteiger partial charge in [-0.05, 0) is 23.6 Å². The van der Waals surface area contributed by atoms with Crippen molar-refractivity contribution in [3.05, 3.63) is 46.7 Å². The van der Waals surface area contributed by atoms with Crippen LogP contribution in [-0.2, 0) is 9.53 Å². The van der Waals surface area contributed by atoms with Crippen LogP contribution in [0.4, 0.5) is 0 Å². The minimum absolute atomic E-state index is 0.276. The zero-order valence-corrected chi connectivity index (χ0v) is 13.0. The summed E-state index contributed by atoms with van der Waals surface area (Å²) < 4.78 is 16.2. The van der Waals surface area contributed by atoms with Crippen LogP contribution in [0, 0.1) is 0 Å². The van der Waals surface area contributed by atoms with Gasteiger partial charge in [0.2, 0.25) is 0 Å². The number of carbonyl (C=O) groups is 2. The summed E-state index contributed by atoms with van der Waals surface area (Å²) in [5.41, 5.74) is 0. The van der Waals surface area contributed by atoms with Crippen molar-refractivity contribution < 1.29 is 23.8 Å². The summed E-state index contributed by atoms with van der Waals surface area (Å²) >= 11 is 1.27. The number of thiophene rings is 1. The summed E-state index contributed by atoms with van der Waals surface area (Å²) in [4.78, 5) is 23.8. The van der Waals surface area contributed by atoms with Gasteiger partial charge in [-0.2, -0.15) is 0 Å². The summed E-state index contributed by atoms with van der Waals surface area (Å²) in [7, 11) is 0. The van der Waals surface area contributed by atoms with Gasteiger partial charge in [-0.1, -0.05) is 18.2 Å². The number of esters is 1. The highest BCUT2D eigenvalue weighted by molar-refractivity contribution is 7.11. The van der Waals surface area contributed by atoms with Gasteiger partial charge in [0.05, 0.1) is 6.54 Å². The molecule has 1 aromatic carbocycles. The Labute approximate surface area is 137 Å². The van der Waals surface area contributed by atoms with E-state index < -0.39 is 5.97 Å². The van der Waals surface area contributed by atoms with Crippen molar-refractivity contribution in [1.82, 2.24) is 5.32 Å². The molecule has 2 heterocycles. The molecule has 0 aliphatic carbocycles. The number of hydrogen-bond donors (Lipinski definition) is 1. The molecule has 1 aromatic heterocycles. The van der Waals surface area contributed by atoms with Crippen LogP contribution < -0.4 is 14.8 Å². The summed E-state index contributed by atoms with van der Waals surface area (Å²) in [6, 6.07) is 10.8. The highest BCUT2D eigenvalue weighted by atomic mass is 32.1. The second-order valence-corrected chi connectivity index (χ2v) is 5.80. The van der Waals surface area contributed by atoms with Gasteiger partial charge in [0.25, 0.3) is 5.91 Å². The zero-order valence-electron chi connectivity index (χ0n) is 12.2. The number of fused-ring (bicyclic) bond motifs is 1. The Hall–Kier alpha value is -2.54. The number of nitrogens with one attached hydrogen (secondary N) is 1. The van der Waals surface area contributed by atoms with Crippen LogP contribution in [0.1, 0.15) is 9.67 Å². The van der Waals surface area contributed by atoms with Crippen LogP contribution in [0.2, 0.25) is 0 Å². The van der Waals surface area contributed by atoms with Crippen molar-refractivity contribution in [2.75, 3.05) is 19.8 Å². The Morgan fingerprint density at radius 1 is 1.22 bits per heavy atom. The van der Waals surface area contributed by atoms with Crippen molar-refractivity contribution in [1.29, 1.82) is 0 Å². The van der Waals surface area contributed by atoms with Gasteiger partial charge in [0.15, 0.2) is 18.1 Å². The molecular weight excluding hydrogens is 318 g/mol. The number of amides is 1. The van der Waals surface area contributed by atoms with Gasteiger partial charge < -0.3 is 19.5 Å². The van der Waals surface area contributed by atoms with Crippen molar-refractivity contribution in [2.24, 2.45) is 0 Å². The standard InChI is InChI=1S/C16H15NO5S/c18-15(10-21-16(19)14-6-3-7-23-14)17-8-11-9-20-12-4-1-2-5-13(12)22-11/h1-7,11H,8-10H2,(H,17,18)/t11-/m1/s1. The molecule has 3 rings (SSSR count).